The first-order valence-electron chi connectivity index (χ1n) is 3.37. The Balaban J connectivity index is 3.96. The SMILES string of the molecule is CNC(CC(C)N)C(F)(F)F. The van der Waals surface area contributed by atoms with Crippen LogP contribution in [0.2, 0.25) is 0 Å². The highest BCUT2D eigenvalue weighted by Crippen LogP contribution is 2.22. The Kier molecular flexibility index (Phi) is 3.82. The van der Waals surface area contributed by atoms with Crippen molar-refractivity contribution in [1.29, 1.82) is 0 Å². The van der Waals surface area contributed by atoms with E-state index in [1.54, 1.807) is 6.92 Å². The van der Waals surface area contributed by atoms with Crippen LogP contribution in [0, 0.1) is 0 Å². The standard InChI is InChI=1S/C6H13F3N2/c1-4(10)3-5(11-2)6(7,8)9/h4-5,11H,3,10H2,1-2H3. The van der Waals surface area contributed by atoms with Gasteiger partial charge in [0.1, 0.15) is 6.04 Å². The van der Waals surface area contributed by atoms with Gasteiger partial charge in [0.25, 0.3) is 0 Å². The third-order valence-corrected chi connectivity index (χ3v) is 1.35. The van der Waals surface area contributed by atoms with Crippen molar-refractivity contribution >= 4 is 0 Å². The highest BCUT2D eigenvalue weighted by Gasteiger charge is 2.38. The van der Waals surface area contributed by atoms with Crippen molar-refractivity contribution in [3.05, 3.63) is 0 Å². The fourth-order valence-corrected chi connectivity index (χ4v) is 0.787. The van der Waals surface area contributed by atoms with Gasteiger partial charge in [-0.25, -0.2) is 0 Å². The van der Waals surface area contributed by atoms with Crippen molar-refractivity contribution in [2.24, 2.45) is 5.73 Å². The average molecular weight is 170 g/mol. The van der Waals surface area contributed by atoms with E-state index in [2.05, 4.69) is 5.32 Å². The molecule has 0 amide bonds. The van der Waals surface area contributed by atoms with Gasteiger partial charge in [0.15, 0.2) is 0 Å². The van der Waals surface area contributed by atoms with Gasteiger partial charge >= 0.3 is 6.18 Å². The van der Waals surface area contributed by atoms with Crippen molar-refractivity contribution in [3.63, 3.8) is 0 Å². The van der Waals surface area contributed by atoms with E-state index < -0.39 is 18.3 Å². The van der Waals surface area contributed by atoms with E-state index in [-0.39, 0.29) is 6.42 Å². The fraction of sp³-hybridized carbons (Fsp3) is 1.00. The molecule has 2 atom stereocenters. The number of nitrogens with one attached hydrogen (secondary N) is 1. The molecule has 0 aromatic rings. The molecule has 2 nitrogen and oxygen atoms in total. The zero-order chi connectivity index (χ0) is 9.07. The molecule has 5 heteroatoms. The number of alkyl halides is 3. The predicted octanol–water partition coefficient (Wildman–Crippen LogP) is 0.874. The maximum absolute atomic E-state index is 12.0. The average Bonchev–Trinajstić information content (AvgIpc) is 1.79. The minimum Gasteiger partial charge on any atom is -0.328 e. The largest absolute Gasteiger partial charge is 0.403 e. The Morgan fingerprint density at radius 2 is 1.91 bits per heavy atom. The normalized spacial score (nSPS) is 18.0. The van der Waals surface area contributed by atoms with Gasteiger partial charge in [-0.2, -0.15) is 13.2 Å². The van der Waals surface area contributed by atoms with Crippen LogP contribution in [0.5, 0.6) is 0 Å². The maximum atomic E-state index is 12.0. The predicted molar refractivity (Wildman–Crippen MR) is 37.2 cm³/mol. The van der Waals surface area contributed by atoms with Crippen LogP contribution in [0.3, 0.4) is 0 Å². The lowest BCUT2D eigenvalue weighted by molar-refractivity contribution is -0.156. The molecule has 0 radical (unpaired) electrons. The molecule has 0 heterocycles. The van der Waals surface area contributed by atoms with Crippen molar-refractivity contribution < 1.29 is 13.2 Å². The minimum atomic E-state index is -4.19. The minimum absolute atomic E-state index is 0.0833. The molecule has 0 aliphatic heterocycles. The molecule has 0 bridgehead atoms. The van der Waals surface area contributed by atoms with Gasteiger partial charge in [-0.1, -0.05) is 0 Å². The van der Waals surface area contributed by atoms with Gasteiger partial charge < -0.3 is 11.1 Å². The van der Waals surface area contributed by atoms with Crippen LogP contribution < -0.4 is 11.1 Å². The van der Waals surface area contributed by atoms with E-state index >= 15 is 0 Å². The van der Waals surface area contributed by atoms with Crippen LogP contribution in [0.4, 0.5) is 13.2 Å². The summed E-state index contributed by atoms with van der Waals surface area (Å²) in [6, 6.07) is -1.92. The Morgan fingerprint density at radius 1 is 1.45 bits per heavy atom. The van der Waals surface area contributed by atoms with Crippen LogP contribution in [0.1, 0.15) is 13.3 Å². The highest BCUT2D eigenvalue weighted by atomic mass is 19.4. The molecule has 0 aliphatic carbocycles. The zero-order valence-electron chi connectivity index (χ0n) is 6.57. The van der Waals surface area contributed by atoms with Crippen LogP contribution in [-0.4, -0.2) is 25.3 Å². The Bertz CT molecular complexity index is 111. The Hall–Kier alpha value is -0.290. The lowest BCUT2D eigenvalue weighted by atomic mass is 10.1. The first-order valence-corrected chi connectivity index (χ1v) is 3.37. The summed E-state index contributed by atoms with van der Waals surface area (Å²) in [6.07, 6.45) is -4.28. The summed E-state index contributed by atoms with van der Waals surface area (Å²) in [6.45, 7) is 1.55. The van der Waals surface area contributed by atoms with Crippen molar-refractivity contribution in [1.82, 2.24) is 5.32 Å². The fourth-order valence-electron chi connectivity index (χ4n) is 0.787. The van der Waals surface area contributed by atoms with Crippen molar-refractivity contribution in [2.75, 3.05) is 7.05 Å². The zero-order valence-corrected chi connectivity index (χ0v) is 6.57. The highest BCUT2D eigenvalue weighted by molar-refractivity contribution is 4.76. The molecule has 0 spiro atoms. The summed E-state index contributed by atoms with van der Waals surface area (Å²) in [5.74, 6) is 0. The van der Waals surface area contributed by atoms with E-state index in [0.717, 1.165) is 0 Å². The molecule has 0 aromatic heterocycles. The number of nitrogens with two attached hydrogens (primary N) is 1. The smallest absolute Gasteiger partial charge is 0.328 e. The van der Waals surface area contributed by atoms with Gasteiger partial charge in [0.2, 0.25) is 0 Å². The van der Waals surface area contributed by atoms with E-state index in [9.17, 15) is 13.2 Å². The molecule has 68 valence electrons. The summed E-state index contributed by atoms with van der Waals surface area (Å²) in [5, 5.41) is 2.17. The summed E-state index contributed by atoms with van der Waals surface area (Å²) in [7, 11) is 1.28. The number of rotatable bonds is 3. The third-order valence-electron chi connectivity index (χ3n) is 1.35. The molecule has 0 aliphatic rings. The third kappa shape index (κ3) is 4.21. The van der Waals surface area contributed by atoms with Gasteiger partial charge in [-0.05, 0) is 20.4 Å². The van der Waals surface area contributed by atoms with Crippen molar-refractivity contribution in [2.45, 2.75) is 31.6 Å². The second-order valence-corrected chi connectivity index (χ2v) is 2.60. The molecular formula is C6H13F3N2. The van der Waals surface area contributed by atoms with Crippen LogP contribution in [0.25, 0.3) is 0 Å². The van der Waals surface area contributed by atoms with Crippen LogP contribution in [0.15, 0.2) is 0 Å². The second kappa shape index (κ2) is 3.92. The first kappa shape index (κ1) is 10.7. The van der Waals surface area contributed by atoms with Gasteiger partial charge in [-0.3, -0.25) is 0 Å². The first-order chi connectivity index (χ1) is 4.88. The molecule has 3 N–H and O–H groups in total. The quantitative estimate of drug-likeness (QED) is 0.659. The molecule has 2 unspecified atom stereocenters. The van der Waals surface area contributed by atoms with E-state index in [1.165, 1.54) is 7.05 Å². The van der Waals surface area contributed by atoms with Gasteiger partial charge in [0.05, 0.1) is 0 Å². The summed E-state index contributed by atoms with van der Waals surface area (Å²) >= 11 is 0. The molecular weight excluding hydrogens is 157 g/mol. The molecule has 0 aromatic carbocycles. The van der Waals surface area contributed by atoms with E-state index in [0.29, 0.717) is 0 Å². The van der Waals surface area contributed by atoms with E-state index in [1.807, 2.05) is 0 Å². The van der Waals surface area contributed by atoms with Gasteiger partial charge in [0, 0.05) is 6.04 Å². The number of hydrogen-bond acceptors (Lipinski definition) is 2. The summed E-state index contributed by atoms with van der Waals surface area (Å²) in [4.78, 5) is 0. The molecule has 0 fully saturated rings. The van der Waals surface area contributed by atoms with E-state index in [4.69, 9.17) is 5.73 Å². The molecule has 0 saturated heterocycles. The Morgan fingerprint density at radius 3 is 2.00 bits per heavy atom. The lowest BCUT2D eigenvalue weighted by Crippen LogP contribution is -2.43. The van der Waals surface area contributed by atoms with Gasteiger partial charge in [-0.15, -0.1) is 0 Å². The van der Waals surface area contributed by atoms with Crippen LogP contribution in [-0.2, 0) is 0 Å². The Labute approximate surface area is 64.0 Å². The van der Waals surface area contributed by atoms with Crippen molar-refractivity contribution in [3.8, 4) is 0 Å². The summed E-state index contributed by atoms with van der Waals surface area (Å²) in [5.41, 5.74) is 5.23. The molecule has 11 heavy (non-hydrogen) atoms. The lowest BCUT2D eigenvalue weighted by Gasteiger charge is -2.20. The second-order valence-electron chi connectivity index (χ2n) is 2.60. The number of halogens is 3. The molecule has 0 saturated carbocycles. The van der Waals surface area contributed by atoms with Crippen LogP contribution >= 0.6 is 0 Å². The number of hydrogen-bond donors (Lipinski definition) is 2. The molecule has 0 rings (SSSR count). The summed E-state index contributed by atoms with van der Waals surface area (Å²) < 4.78 is 35.9. The maximum Gasteiger partial charge on any atom is 0.403 e. The monoisotopic (exact) mass is 170 g/mol. The topological polar surface area (TPSA) is 38.0 Å².